The van der Waals surface area contributed by atoms with Crippen molar-refractivity contribution >= 4 is 5.78 Å². The second kappa shape index (κ2) is 5.81. The number of Topliss-reactive ketones (excluding diaryl/α,β-unsaturated/α-hetero) is 1. The second-order valence-corrected chi connectivity index (χ2v) is 3.19. The molecule has 0 amide bonds. The van der Waals surface area contributed by atoms with E-state index in [0.29, 0.717) is 18.9 Å². The number of allylic oxidation sites excluding steroid dienone is 1. The maximum atomic E-state index is 10.7. The molecule has 0 aliphatic heterocycles. The summed E-state index contributed by atoms with van der Waals surface area (Å²) in [6.45, 7) is 9.99. The van der Waals surface area contributed by atoms with E-state index in [2.05, 4.69) is 6.58 Å². The molecule has 0 N–H and O–H groups in total. The van der Waals surface area contributed by atoms with E-state index in [1.807, 2.05) is 13.8 Å². The molecule has 0 heterocycles. The zero-order valence-corrected chi connectivity index (χ0v) is 8.22. The number of carbonyl (C=O) groups excluding carboxylic acids is 1. The van der Waals surface area contributed by atoms with Crippen LogP contribution in [0.1, 0.15) is 33.6 Å². The predicted molar refractivity (Wildman–Crippen MR) is 49.8 cm³/mol. The highest BCUT2D eigenvalue weighted by Crippen LogP contribution is 2.14. The van der Waals surface area contributed by atoms with Gasteiger partial charge in [0.05, 0.1) is 12.4 Å². The Morgan fingerprint density at radius 3 is 2.50 bits per heavy atom. The van der Waals surface area contributed by atoms with Crippen molar-refractivity contribution < 1.29 is 9.53 Å². The molecular weight excluding hydrogens is 152 g/mol. The molecule has 0 radical (unpaired) electrons. The summed E-state index contributed by atoms with van der Waals surface area (Å²) in [5, 5.41) is 0. The molecule has 0 fully saturated rings. The van der Waals surface area contributed by atoms with Crippen molar-refractivity contribution in [3.63, 3.8) is 0 Å². The van der Waals surface area contributed by atoms with Gasteiger partial charge in [-0.1, -0.05) is 13.5 Å². The lowest BCUT2D eigenvalue weighted by Crippen LogP contribution is -2.04. The number of rotatable bonds is 6. The minimum absolute atomic E-state index is 0.229. The average Bonchev–Trinajstić information content (AvgIpc) is 1.84. The third kappa shape index (κ3) is 5.96. The normalized spacial score (nSPS) is 12.2. The predicted octanol–water partition coefficient (Wildman–Crippen LogP) is 2.54. The van der Waals surface area contributed by atoms with Gasteiger partial charge in [0.2, 0.25) is 0 Å². The lowest BCUT2D eigenvalue weighted by Gasteiger charge is -2.11. The standard InChI is InChI=1S/C10H18O2/c1-5-12-10(4)7-8(2)6-9(3)11/h8H,4-7H2,1-3H3. The van der Waals surface area contributed by atoms with E-state index < -0.39 is 0 Å². The summed E-state index contributed by atoms with van der Waals surface area (Å²) in [6, 6.07) is 0. The highest BCUT2D eigenvalue weighted by molar-refractivity contribution is 5.75. The first-order valence-corrected chi connectivity index (χ1v) is 4.36. The van der Waals surface area contributed by atoms with Crippen molar-refractivity contribution in [3.05, 3.63) is 12.3 Å². The molecule has 0 aliphatic carbocycles. The third-order valence-corrected chi connectivity index (χ3v) is 1.56. The van der Waals surface area contributed by atoms with Crippen molar-refractivity contribution in [2.75, 3.05) is 6.61 Å². The summed E-state index contributed by atoms with van der Waals surface area (Å²) < 4.78 is 5.19. The summed E-state index contributed by atoms with van der Waals surface area (Å²) in [4.78, 5) is 10.7. The van der Waals surface area contributed by atoms with Gasteiger partial charge in [-0.3, -0.25) is 0 Å². The minimum Gasteiger partial charge on any atom is -0.499 e. The lowest BCUT2D eigenvalue weighted by atomic mass is 10.0. The summed E-state index contributed by atoms with van der Waals surface area (Å²) in [7, 11) is 0. The molecule has 0 bridgehead atoms. The SMILES string of the molecule is C=C(CC(C)CC(C)=O)OCC. The van der Waals surface area contributed by atoms with Crippen LogP contribution in [-0.4, -0.2) is 12.4 Å². The van der Waals surface area contributed by atoms with Crippen LogP contribution in [0, 0.1) is 5.92 Å². The first kappa shape index (κ1) is 11.2. The molecule has 0 aliphatic rings. The van der Waals surface area contributed by atoms with E-state index in [9.17, 15) is 4.79 Å². The third-order valence-electron chi connectivity index (χ3n) is 1.56. The molecule has 0 saturated carbocycles. The van der Waals surface area contributed by atoms with Crippen LogP contribution in [0.5, 0.6) is 0 Å². The second-order valence-electron chi connectivity index (χ2n) is 3.19. The number of hydrogen-bond donors (Lipinski definition) is 0. The maximum absolute atomic E-state index is 10.7. The van der Waals surface area contributed by atoms with Gasteiger partial charge >= 0.3 is 0 Å². The fourth-order valence-electron chi connectivity index (χ4n) is 1.21. The number of ether oxygens (including phenoxy) is 1. The molecule has 0 aromatic carbocycles. The quantitative estimate of drug-likeness (QED) is 0.572. The molecule has 0 aromatic heterocycles. The van der Waals surface area contributed by atoms with E-state index in [1.165, 1.54) is 0 Å². The fourth-order valence-corrected chi connectivity index (χ4v) is 1.21. The molecule has 2 nitrogen and oxygen atoms in total. The van der Waals surface area contributed by atoms with Crippen LogP contribution in [0.2, 0.25) is 0 Å². The Balaban J connectivity index is 3.61. The summed E-state index contributed by atoms with van der Waals surface area (Å²) >= 11 is 0. The summed E-state index contributed by atoms with van der Waals surface area (Å²) in [6.07, 6.45) is 1.40. The maximum Gasteiger partial charge on any atom is 0.130 e. The molecule has 0 aromatic rings. The molecule has 1 atom stereocenters. The van der Waals surface area contributed by atoms with E-state index in [-0.39, 0.29) is 5.78 Å². The van der Waals surface area contributed by atoms with Crippen LogP contribution in [-0.2, 0) is 9.53 Å². The largest absolute Gasteiger partial charge is 0.499 e. The average molecular weight is 170 g/mol. The molecular formula is C10H18O2. The van der Waals surface area contributed by atoms with Crippen molar-refractivity contribution in [1.82, 2.24) is 0 Å². The minimum atomic E-state index is 0.229. The Morgan fingerprint density at radius 2 is 2.08 bits per heavy atom. The van der Waals surface area contributed by atoms with E-state index in [4.69, 9.17) is 4.74 Å². The van der Waals surface area contributed by atoms with E-state index >= 15 is 0 Å². The van der Waals surface area contributed by atoms with Crippen LogP contribution in [0.15, 0.2) is 12.3 Å². The first-order valence-electron chi connectivity index (χ1n) is 4.36. The van der Waals surface area contributed by atoms with Crippen LogP contribution in [0.4, 0.5) is 0 Å². The van der Waals surface area contributed by atoms with Crippen LogP contribution >= 0.6 is 0 Å². The smallest absolute Gasteiger partial charge is 0.130 e. The van der Waals surface area contributed by atoms with Gasteiger partial charge in [0.15, 0.2) is 0 Å². The summed E-state index contributed by atoms with van der Waals surface area (Å²) in [5.41, 5.74) is 0. The molecule has 12 heavy (non-hydrogen) atoms. The Hall–Kier alpha value is -0.790. The van der Waals surface area contributed by atoms with Crippen LogP contribution in [0.25, 0.3) is 0 Å². The zero-order chi connectivity index (χ0) is 9.56. The van der Waals surface area contributed by atoms with Crippen molar-refractivity contribution in [2.45, 2.75) is 33.6 Å². The zero-order valence-electron chi connectivity index (χ0n) is 8.22. The topological polar surface area (TPSA) is 26.3 Å². The lowest BCUT2D eigenvalue weighted by molar-refractivity contribution is -0.117. The number of ketones is 1. The van der Waals surface area contributed by atoms with Crippen molar-refractivity contribution in [3.8, 4) is 0 Å². The van der Waals surface area contributed by atoms with Gasteiger partial charge in [-0.2, -0.15) is 0 Å². The molecule has 0 saturated heterocycles. The summed E-state index contributed by atoms with van der Waals surface area (Å²) in [5.74, 6) is 1.36. The van der Waals surface area contributed by atoms with Gasteiger partial charge in [0.25, 0.3) is 0 Å². The molecule has 70 valence electrons. The van der Waals surface area contributed by atoms with Gasteiger partial charge in [-0.25, -0.2) is 0 Å². The van der Waals surface area contributed by atoms with Gasteiger partial charge in [0.1, 0.15) is 5.78 Å². The molecule has 2 heteroatoms. The molecule has 0 rings (SSSR count). The highest BCUT2D eigenvalue weighted by atomic mass is 16.5. The Morgan fingerprint density at radius 1 is 1.50 bits per heavy atom. The monoisotopic (exact) mass is 170 g/mol. The van der Waals surface area contributed by atoms with Crippen LogP contribution < -0.4 is 0 Å². The van der Waals surface area contributed by atoms with Gasteiger partial charge in [0, 0.05) is 12.8 Å². The Labute approximate surface area is 74.6 Å². The first-order chi connectivity index (χ1) is 5.56. The van der Waals surface area contributed by atoms with E-state index in [1.54, 1.807) is 6.92 Å². The number of carbonyl (C=O) groups is 1. The highest BCUT2D eigenvalue weighted by Gasteiger charge is 2.07. The van der Waals surface area contributed by atoms with Crippen molar-refractivity contribution in [1.29, 1.82) is 0 Å². The van der Waals surface area contributed by atoms with Crippen LogP contribution in [0.3, 0.4) is 0 Å². The Kier molecular flexibility index (Phi) is 5.43. The Bertz CT molecular complexity index is 161. The molecule has 0 spiro atoms. The molecule has 1 unspecified atom stereocenters. The van der Waals surface area contributed by atoms with Gasteiger partial charge < -0.3 is 9.53 Å². The van der Waals surface area contributed by atoms with Crippen molar-refractivity contribution in [2.24, 2.45) is 5.92 Å². The fraction of sp³-hybridized carbons (Fsp3) is 0.700. The van der Waals surface area contributed by atoms with Gasteiger partial charge in [-0.15, -0.1) is 0 Å². The van der Waals surface area contributed by atoms with Gasteiger partial charge in [-0.05, 0) is 19.8 Å². The number of hydrogen-bond acceptors (Lipinski definition) is 2. The van der Waals surface area contributed by atoms with E-state index in [0.717, 1.165) is 12.2 Å².